The van der Waals surface area contributed by atoms with Gasteiger partial charge < -0.3 is 9.84 Å². The van der Waals surface area contributed by atoms with E-state index in [-0.39, 0.29) is 12.0 Å². The normalized spacial score (nSPS) is 13.6. The van der Waals surface area contributed by atoms with Crippen molar-refractivity contribution in [1.29, 1.82) is 0 Å². The van der Waals surface area contributed by atoms with Crippen molar-refractivity contribution in [3.8, 4) is 5.75 Å². The van der Waals surface area contributed by atoms with E-state index in [0.717, 1.165) is 16.7 Å². The highest BCUT2D eigenvalue weighted by Gasteiger charge is 2.22. The van der Waals surface area contributed by atoms with Gasteiger partial charge in [0, 0.05) is 11.6 Å². The van der Waals surface area contributed by atoms with E-state index in [1.54, 1.807) is 6.20 Å². The molecule has 0 aliphatic heterocycles. The second kappa shape index (κ2) is 4.94. The summed E-state index contributed by atoms with van der Waals surface area (Å²) < 4.78 is 5.72. The number of benzene rings is 1. The minimum Gasteiger partial charge on any atom is -0.490 e. The van der Waals surface area contributed by atoms with Crippen LogP contribution in [0.2, 0.25) is 0 Å². The van der Waals surface area contributed by atoms with Gasteiger partial charge in [-0.05, 0) is 29.7 Å². The highest BCUT2D eigenvalue weighted by Crippen LogP contribution is 2.25. The predicted octanol–water partition coefficient (Wildman–Crippen LogP) is 3.02. The molecule has 0 amide bonds. The van der Waals surface area contributed by atoms with Crippen molar-refractivity contribution >= 4 is 10.9 Å². The van der Waals surface area contributed by atoms with Crippen LogP contribution < -0.4 is 4.74 Å². The number of ether oxygens (including phenoxy) is 1. The molecule has 1 aromatic carbocycles. The Hall–Kier alpha value is -1.61. The molecule has 0 fully saturated rings. The lowest BCUT2D eigenvalue weighted by atomic mass is 9.90. The third kappa shape index (κ3) is 2.79. The maximum Gasteiger partial charge on any atom is 0.128 e. The van der Waals surface area contributed by atoms with Crippen LogP contribution in [0.1, 0.15) is 20.8 Å². The highest BCUT2D eigenvalue weighted by molar-refractivity contribution is 5.84. The lowest BCUT2D eigenvalue weighted by Gasteiger charge is -2.25. The smallest absolute Gasteiger partial charge is 0.128 e. The van der Waals surface area contributed by atoms with E-state index in [4.69, 9.17) is 4.74 Å². The number of fused-ring (bicyclic) bond motifs is 1. The fourth-order valence-corrected chi connectivity index (χ4v) is 1.62. The number of hydrogen-bond acceptors (Lipinski definition) is 3. The Morgan fingerprint density at radius 3 is 2.72 bits per heavy atom. The Labute approximate surface area is 107 Å². The van der Waals surface area contributed by atoms with Gasteiger partial charge in [0.15, 0.2) is 0 Å². The molecule has 3 heteroatoms. The molecule has 3 nitrogen and oxygen atoms in total. The summed E-state index contributed by atoms with van der Waals surface area (Å²) in [6, 6.07) is 9.62. The monoisotopic (exact) mass is 245 g/mol. The first kappa shape index (κ1) is 12.8. The van der Waals surface area contributed by atoms with Gasteiger partial charge in [0.05, 0.1) is 11.6 Å². The Balaban J connectivity index is 2.18. The average Bonchev–Trinajstić information content (AvgIpc) is 2.34. The minimum atomic E-state index is -0.496. The fraction of sp³-hybridized carbons (Fsp3) is 0.400. The van der Waals surface area contributed by atoms with Crippen LogP contribution in [0.3, 0.4) is 0 Å². The number of pyridine rings is 1. The van der Waals surface area contributed by atoms with Gasteiger partial charge >= 0.3 is 0 Å². The largest absolute Gasteiger partial charge is 0.490 e. The molecule has 1 atom stereocenters. The van der Waals surface area contributed by atoms with E-state index in [1.807, 2.05) is 51.1 Å². The first-order chi connectivity index (χ1) is 8.48. The Morgan fingerprint density at radius 1 is 1.22 bits per heavy atom. The molecule has 0 spiro atoms. The molecular weight excluding hydrogens is 226 g/mol. The van der Waals surface area contributed by atoms with Crippen LogP contribution in [0.25, 0.3) is 10.9 Å². The lowest BCUT2D eigenvalue weighted by Crippen LogP contribution is -2.31. The summed E-state index contributed by atoms with van der Waals surface area (Å²) in [5, 5.41) is 11.0. The van der Waals surface area contributed by atoms with Gasteiger partial charge in [-0.1, -0.05) is 26.8 Å². The quantitative estimate of drug-likeness (QED) is 0.903. The molecule has 0 aliphatic carbocycles. The predicted molar refractivity (Wildman–Crippen MR) is 72.7 cm³/mol. The van der Waals surface area contributed by atoms with Crippen molar-refractivity contribution in [2.24, 2.45) is 5.41 Å². The molecular formula is C15H19NO2. The summed E-state index contributed by atoms with van der Waals surface area (Å²) in [7, 11) is 0. The number of aliphatic hydroxyl groups is 1. The van der Waals surface area contributed by atoms with Crippen LogP contribution >= 0.6 is 0 Å². The number of rotatable bonds is 3. The van der Waals surface area contributed by atoms with E-state index >= 15 is 0 Å². The summed E-state index contributed by atoms with van der Waals surface area (Å²) in [5.41, 5.74) is 0.725. The molecule has 96 valence electrons. The van der Waals surface area contributed by atoms with E-state index < -0.39 is 6.10 Å². The number of nitrogens with zero attached hydrogens (tertiary/aromatic N) is 1. The Kier molecular flexibility index (Phi) is 3.53. The van der Waals surface area contributed by atoms with Crippen molar-refractivity contribution in [3.05, 3.63) is 36.5 Å². The third-order valence-electron chi connectivity index (χ3n) is 3.00. The second-order valence-corrected chi connectivity index (χ2v) is 5.52. The SMILES string of the molecule is CC(C)(C)C(O)COc1cccc2ncccc12. The summed E-state index contributed by atoms with van der Waals surface area (Å²) in [6.45, 7) is 6.26. The van der Waals surface area contributed by atoms with Gasteiger partial charge in [-0.2, -0.15) is 0 Å². The zero-order valence-corrected chi connectivity index (χ0v) is 11.1. The van der Waals surface area contributed by atoms with Crippen LogP contribution in [-0.4, -0.2) is 22.8 Å². The molecule has 0 aliphatic rings. The maximum absolute atomic E-state index is 9.98. The van der Waals surface area contributed by atoms with Crippen molar-refractivity contribution in [3.63, 3.8) is 0 Å². The molecule has 18 heavy (non-hydrogen) atoms. The van der Waals surface area contributed by atoms with E-state index in [2.05, 4.69) is 4.98 Å². The van der Waals surface area contributed by atoms with Gasteiger partial charge in [-0.3, -0.25) is 4.98 Å². The number of aromatic nitrogens is 1. The molecule has 0 bridgehead atoms. The summed E-state index contributed by atoms with van der Waals surface area (Å²) >= 11 is 0. The topological polar surface area (TPSA) is 42.4 Å². The van der Waals surface area contributed by atoms with Gasteiger partial charge in [0.1, 0.15) is 12.4 Å². The van der Waals surface area contributed by atoms with Crippen LogP contribution in [0.15, 0.2) is 36.5 Å². The van der Waals surface area contributed by atoms with Crippen LogP contribution in [0.5, 0.6) is 5.75 Å². The highest BCUT2D eigenvalue weighted by atomic mass is 16.5. The lowest BCUT2D eigenvalue weighted by molar-refractivity contribution is 0.0223. The first-order valence-electron chi connectivity index (χ1n) is 6.13. The van der Waals surface area contributed by atoms with Crippen LogP contribution in [-0.2, 0) is 0 Å². The molecule has 0 radical (unpaired) electrons. The number of hydrogen-bond donors (Lipinski definition) is 1. The van der Waals surface area contributed by atoms with Crippen LogP contribution in [0.4, 0.5) is 0 Å². The molecule has 2 rings (SSSR count). The fourth-order valence-electron chi connectivity index (χ4n) is 1.62. The average molecular weight is 245 g/mol. The standard InChI is InChI=1S/C15H19NO2/c1-15(2,3)14(17)10-18-13-8-4-7-12-11(13)6-5-9-16-12/h4-9,14,17H,10H2,1-3H3. The summed E-state index contributed by atoms with van der Waals surface area (Å²) in [5.74, 6) is 0.768. The molecule has 1 unspecified atom stereocenters. The van der Waals surface area contributed by atoms with Crippen molar-refractivity contribution < 1.29 is 9.84 Å². The zero-order valence-electron chi connectivity index (χ0n) is 11.1. The van der Waals surface area contributed by atoms with Gasteiger partial charge in [-0.25, -0.2) is 0 Å². The minimum absolute atomic E-state index is 0.178. The summed E-state index contributed by atoms with van der Waals surface area (Å²) in [4.78, 5) is 4.28. The Bertz CT molecular complexity index is 526. The second-order valence-electron chi connectivity index (χ2n) is 5.52. The Morgan fingerprint density at radius 2 is 2.00 bits per heavy atom. The molecule has 1 N–H and O–H groups in total. The van der Waals surface area contributed by atoms with E-state index in [9.17, 15) is 5.11 Å². The molecule has 0 saturated carbocycles. The third-order valence-corrected chi connectivity index (χ3v) is 3.00. The van der Waals surface area contributed by atoms with Crippen molar-refractivity contribution in [1.82, 2.24) is 4.98 Å². The van der Waals surface area contributed by atoms with E-state index in [1.165, 1.54) is 0 Å². The molecule has 1 aromatic heterocycles. The molecule has 0 saturated heterocycles. The van der Waals surface area contributed by atoms with Crippen molar-refractivity contribution in [2.75, 3.05) is 6.61 Å². The molecule has 1 heterocycles. The van der Waals surface area contributed by atoms with Crippen molar-refractivity contribution in [2.45, 2.75) is 26.9 Å². The zero-order chi connectivity index (χ0) is 13.2. The van der Waals surface area contributed by atoms with Gasteiger partial charge in [-0.15, -0.1) is 0 Å². The first-order valence-corrected chi connectivity index (χ1v) is 6.13. The van der Waals surface area contributed by atoms with E-state index in [0.29, 0.717) is 0 Å². The van der Waals surface area contributed by atoms with Crippen LogP contribution in [0, 0.1) is 5.41 Å². The summed E-state index contributed by atoms with van der Waals surface area (Å²) in [6.07, 6.45) is 1.26. The molecule has 2 aromatic rings. The van der Waals surface area contributed by atoms with Gasteiger partial charge in [0.2, 0.25) is 0 Å². The number of aliphatic hydroxyl groups excluding tert-OH is 1. The van der Waals surface area contributed by atoms with Gasteiger partial charge in [0.25, 0.3) is 0 Å². The maximum atomic E-state index is 9.98.